The van der Waals surface area contributed by atoms with E-state index in [1.807, 2.05) is 31.2 Å². The molecule has 1 aromatic rings. The van der Waals surface area contributed by atoms with Crippen molar-refractivity contribution in [3.05, 3.63) is 29.8 Å². The molecule has 5 heteroatoms. The molecule has 1 fully saturated rings. The number of likely N-dealkylation sites (tertiary alicyclic amines) is 1. The molecule has 0 aliphatic carbocycles. The average Bonchev–Trinajstić information content (AvgIpc) is 2.54. The number of para-hydroxylation sites is 1. The SMILES string of the molecule is CCOc1ccccc1CNC(=O)CN1CCCCCCC1=O. The highest BCUT2D eigenvalue weighted by Gasteiger charge is 2.18. The van der Waals surface area contributed by atoms with Crippen LogP contribution in [0.5, 0.6) is 5.75 Å². The highest BCUT2D eigenvalue weighted by Crippen LogP contribution is 2.17. The Morgan fingerprint density at radius 1 is 1.22 bits per heavy atom. The Hall–Kier alpha value is -2.04. The van der Waals surface area contributed by atoms with Gasteiger partial charge in [-0.1, -0.05) is 31.0 Å². The first kappa shape index (κ1) is 17.3. The molecule has 0 atom stereocenters. The number of carbonyl (C=O) groups is 2. The molecule has 23 heavy (non-hydrogen) atoms. The summed E-state index contributed by atoms with van der Waals surface area (Å²) in [5.74, 6) is 0.762. The first-order valence-electron chi connectivity index (χ1n) is 8.46. The normalized spacial score (nSPS) is 15.7. The summed E-state index contributed by atoms with van der Waals surface area (Å²) in [6, 6.07) is 7.67. The standard InChI is InChI=1S/C18H26N2O3/c1-2-23-16-10-7-6-9-15(16)13-19-17(21)14-20-12-8-4-3-5-11-18(20)22/h6-7,9-10H,2-5,8,11-14H2,1H3,(H,19,21). The molecule has 0 spiro atoms. The summed E-state index contributed by atoms with van der Waals surface area (Å²) in [4.78, 5) is 25.9. The Morgan fingerprint density at radius 3 is 2.83 bits per heavy atom. The Labute approximate surface area is 138 Å². The number of amides is 2. The molecule has 126 valence electrons. The fraction of sp³-hybridized carbons (Fsp3) is 0.556. The summed E-state index contributed by atoms with van der Waals surface area (Å²) in [6.45, 7) is 3.77. The number of hydrogen-bond acceptors (Lipinski definition) is 3. The zero-order valence-electron chi connectivity index (χ0n) is 13.8. The van der Waals surface area contributed by atoms with Crippen LogP contribution >= 0.6 is 0 Å². The molecule has 2 amide bonds. The predicted octanol–water partition coefficient (Wildman–Crippen LogP) is 2.49. The summed E-state index contributed by atoms with van der Waals surface area (Å²) in [5, 5.41) is 2.89. The largest absolute Gasteiger partial charge is 0.494 e. The summed E-state index contributed by atoms with van der Waals surface area (Å²) in [7, 11) is 0. The molecule has 0 bridgehead atoms. The van der Waals surface area contributed by atoms with Crippen LogP contribution in [0, 0.1) is 0 Å². The predicted molar refractivity (Wildman–Crippen MR) is 89.1 cm³/mol. The minimum atomic E-state index is -0.120. The third-order valence-corrected chi connectivity index (χ3v) is 4.00. The van der Waals surface area contributed by atoms with Crippen LogP contribution in [-0.2, 0) is 16.1 Å². The molecule has 0 unspecified atom stereocenters. The van der Waals surface area contributed by atoms with E-state index in [1.54, 1.807) is 4.90 Å². The Balaban J connectivity index is 1.85. The third kappa shape index (κ3) is 5.58. The second kappa shape index (κ2) is 9.18. The van der Waals surface area contributed by atoms with E-state index in [2.05, 4.69) is 5.32 Å². The van der Waals surface area contributed by atoms with Crippen molar-refractivity contribution in [2.75, 3.05) is 19.7 Å². The van der Waals surface area contributed by atoms with Crippen molar-refractivity contribution in [2.45, 2.75) is 45.6 Å². The fourth-order valence-electron chi connectivity index (χ4n) is 2.75. The lowest BCUT2D eigenvalue weighted by Gasteiger charge is -2.24. The first-order chi connectivity index (χ1) is 11.2. The molecule has 0 radical (unpaired) electrons. The van der Waals surface area contributed by atoms with Gasteiger partial charge in [-0.3, -0.25) is 9.59 Å². The van der Waals surface area contributed by atoms with Crippen molar-refractivity contribution in [3.63, 3.8) is 0 Å². The number of ether oxygens (including phenoxy) is 1. The van der Waals surface area contributed by atoms with Crippen LogP contribution < -0.4 is 10.1 Å². The molecule has 2 rings (SSSR count). The number of rotatable bonds is 6. The van der Waals surface area contributed by atoms with E-state index in [0.29, 0.717) is 26.1 Å². The van der Waals surface area contributed by atoms with Crippen molar-refractivity contribution in [2.24, 2.45) is 0 Å². The maximum Gasteiger partial charge on any atom is 0.239 e. The van der Waals surface area contributed by atoms with Gasteiger partial charge in [-0.15, -0.1) is 0 Å². The van der Waals surface area contributed by atoms with E-state index >= 15 is 0 Å². The van der Waals surface area contributed by atoms with Crippen LogP contribution in [0.25, 0.3) is 0 Å². The van der Waals surface area contributed by atoms with Crippen LogP contribution in [0.2, 0.25) is 0 Å². The molecule has 1 aliphatic heterocycles. The smallest absolute Gasteiger partial charge is 0.239 e. The van der Waals surface area contributed by atoms with E-state index < -0.39 is 0 Å². The molecule has 0 saturated carbocycles. The monoisotopic (exact) mass is 318 g/mol. The quantitative estimate of drug-likeness (QED) is 0.877. The topological polar surface area (TPSA) is 58.6 Å². The van der Waals surface area contributed by atoms with Crippen molar-refractivity contribution >= 4 is 11.8 Å². The van der Waals surface area contributed by atoms with Crippen molar-refractivity contribution in [3.8, 4) is 5.75 Å². The van der Waals surface area contributed by atoms with E-state index in [1.165, 1.54) is 0 Å². The molecular formula is C18H26N2O3. The highest BCUT2D eigenvalue weighted by molar-refractivity contribution is 5.84. The van der Waals surface area contributed by atoms with Gasteiger partial charge in [0.1, 0.15) is 5.75 Å². The highest BCUT2D eigenvalue weighted by atomic mass is 16.5. The van der Waals surface area contributed by atoms with Gasteiger partial charge >= 0.3 is 0 Å². The average molecular weight is 318 g/mol. The number of carbonyl (C=O) groups excluding carboxylic acids is 2. The number of hydrogen-bond donors (Lipinski definition) is 1. The number of nitrogens with one attached hydrogen (secondary N) is 1. The van der Waals surface area contributed by atoms with Gasteiger partial charge in [-0.25, -0.2) is 0 Å². The molecule has 1 aromatic carbocycles. The van der Waals surface area contributed by atoms with Gasteiger partial charge in [0.2, 0.25) is 11.8 Å². The minimum absolute atomic E-state index is 0.0922. The molecule has 1 aliphatic rings. The van der Waals surface area contributed by atoms with E-state index in [0.717, 1.165) is 37.0 Å². The zero-order chi connectivity index (χ0) is 16.5. The molecule has 1 heterocycles. The van der Waals surface area contributed by atoms with E-state index in [4.69, 9.17) is 4.74 Å². The lowest BCUT2D eigenvalue weighted by Crippen LogP contribution is -2.41. The molecule has 0 aromatic heterocycles. The van der Waals surface area contributed by atoms with Gasteiger partial charge in [-0.2, -0.15) is 0 Å². The summed E-state index contributed by atoms with van der Waals surface area (Å²) < 4.78 is 5.55. The first-order valence-corrected chi connectivity index (χ1v) is 8.46. The molecular weight excluding hydrogens is 292 g/mol. The van der Waals surface area contributed by atoms with Crippen molar-refractivity contribution in [1.82, 2.24) is 10.2 Å². The van der Waals surface area contributed by atoms with E-state index in [-0.39, 0.29) is 18.4 Å². The Bertz CT molecular complexity index is 531. The van der Waals surface area contributed by atoms with Crippen LogP contribution in [0.15, 0.2) is 24.3 Å². The third-order valence-electron chi connectivity index (χ3n) is 4.00. The maximum absolute atomic E-state index is 12.2. The zero-order valence-corrected chi connectivity index (χ0v) is 13.8. The maximum atomic E-state index is 12.2. The van der Waals surface area contributed by atoms with Crippen LogP contribution in [0.3, 0.4) is 0 Å². The van der Waals surface area contributed by atoms with Gasteiger partial charge in [-0.05, 0) is 25.8 Å². The van der Waals surface area contributed by atoms with Crippen LogP contribution in [0.4, 0.5) is 0 Å². The van der Waals surface area contributed by atoms with E-state index in [9.17, 15) is 9.59 Å². The van der Waals surface area contributed by atoms with Gasteiger partial charge < -0.3 is 15.0 Å². The second-order valence-corrected chi connectivity index (χ2v) is 5.80. The van der Waals surface area contributed by atoms with Crippen molar-refractivity contribution in [1.29, 1.82) is 0 Å². The Kier molecular flexibility index (Phi) is 6.91. The summed E-state index contributed by atoms with van der Waals surface area (Å²) in [6.07, 6.45) is 4.71. The van der Waals surface area contributed by atoms with Crippen LogP contribution in [-0.4, -0.2) is 36.4 Å². The summed E-state index contributed by atoms with van der Waals surface area (Å²) in [5.41, 5.74) is 0.946. The van der Waals surface area contributed by atoms with Gasteiger partial charge in [0.15, 0.2) is 0 Å². The van der Waals surface area contributed by atoms with Crippen LogP contribution in [0.1, 0.15) is 44.6 Å². The fourth-order valence-corrected chi connectivity index (χ4v) is 2.75. The number of benzene rings is 1. The minimum Gasteiger partial charge on any atom is -0.494 e. The van der Waals surface area contributed by atoms with Gasteiger partial charge in [0.05, 0.1) is 13.2 Å². The van der Waals surface area contributed by atoms with Gasteiger partial charge in [0.25, 0.3) is 0 Å². The molecule has 1 N–H and O–H groups in total. The van der Waals surface area contributed by atoms with Crippen molar-refractivity contribution < 1.29 is 14.3 Å². The molecule has 1 saturated heterocycles. The lowest BCUT2D eigenvalue weighted by molar-refractivity contribution is -0.136. The van der Waals surface area contributed by atoms with Gasteiger partial charge in [0, 0.05) is 25.1 Å². The summed E-state index contributed by atoms with van der Waals surface area (Å²) >= 11 is 0. The number of nitrogens with zero attached hydrogens (tertiary/aromatic N) is 1. The Morgan fingerprint density at radius 2 is 2.00 bits per heavy atom. The lowest BCUT2D eigenvalue weighted by atomic mass is 10.1. The molecule has 5 nitrogen and oxygen atoms in total. The second-order valence-electron chi connectivity index (χ2n) is 5.80.